The van der Waals surface area contributed by atoms with Crippen LogP contribution in [0.25, 0.3) is 11.3 Å². The topological polar surface area (TPSA) is 78.7 Å². The number of methoxy groups -OCH3 is 3. The number of carbonyl (C=O) groups is 1. The van der Waals surface area contributed by atoms with E-state index in [0.717, 1.165) is 42.6 Å². The Morgan fingerprint density at radius 1 is 1.00 bits per heavy atom. The summed E-state index contributed by atoms with van der Waals surface area (Å²) < 4.78 is 18.6. The molecule has 0 bridgehead atoms. The van der Waals surface area contributed by atoms with Gasteiger partial charge in [-0.05, 0) is 63.3 Å². The summed E-state index contributed by atoms with van der Waals surface area (Å²) in [4.78, 5) is 24.9. The fourth-order valence-corrected chi connectivity index (χ4v) is 5.95. The van der Waals surface area contributed by atoms with Crippen LogP contribution in [0.1, 0.15) is 73.2 Å². The lowest BCUT2D eigenvalue weighted by atomic mass is 9.90. The second kappa shape index (κ2) is 10.3. The maximum Gasteiger partial charge on any atom is 0.319 e. The van der Waals surface area contributed by atoms with Crippen molar-refractivity contribution in [2.45, 2.75) is 63.8 Å². The fraction of sp³-hybridized carbons (Fsp3) is 0.464. The highest BCUT2D eigenvalue weighted by Crippen LogP contribution is 2.47. The number of amides is 1. The van der Waals surface area contributed by atoms with Crippen molar-refractivity contribution in [3.05, 3.63) is 58.4 Å². The van der Waals surface area contributed by atoms with E-state index in [2.05, 4.69) is 33.3 Å². The SMILES string of the molecule is COc1ncc(-c2cc3c(n2C(C)C)C(c2ccc(Cl)cc2)N([C@H]2CC[C@H](OC)CC2)C3=O)c(OC)n1. The van der Waals surface area contributed by atoms with Gasteiger partial charge in [-0.25, -0.2) is 4.98 Å². The first-order chi connectivity index (χ1) is 17.9. The zero-order valence-electron chi connectivity index (χ0n) is 21.9. The van der Waals surface area contributed by atoms with Gasteiger partial charge in [0, 0.05) is 30.4 Å². The van der Waals surface area contributed by atoms with E-state index in [9.17, 15) is 4.79 Å². The largest absolute Gasteiger partial charge is 0.480 e. The molecule has 0 saturated heterocycles. The normalized spacial score (nSPS) is 21.4. The molecule has 3 heterocycles. The number of ether oxygens (including phenoxy) is 3. The lowest BCUT2D eigenvalue weighted by Gasteiger charge is -2.38. The van der Waals surface area contributed by atoms with E-state index in [1.54, 1.807) is 20.4 Å². The number of hydrogen-bond donors (Lipinski definition) is 0. The van der Waals surface area contributed by atoms with Gasteiger partial charge in [0.2, 0.25) is 5.88 Å². The smallest absolute Gasteiger partial charge is 0.319 e. The van der Waals surface area contributed by atoms with E-state index in [1.165, 1.54) is 7.11 Å². The molecule has 2 aliphatic rings. The maximum atomic E-state index is 14.1. The van der Waals surface area contributed by atoms with Gasteiger partial charge in [0.15, 0.2) is 0 Å². The molecular formula is C28H33ClN4O4. The Kier molecular flexibility index (Phi) is 7.14. The summed E-state index contributed by atoms with van der Waals surface area (Å²) in [6, 6.07) is 10.00. The highest BCUT2D eigenvalue weighted by Gasteiger charge is 2.46. The second-order valence-electron chi connectivity index (χ2n) is 9.90. The Labute approximate surface area is 222 Å². The van der Waals surface area contributed by atoms with E-state index in [1.807, 2.05) is 30.3 Å². The summed E-state index contributed by atoms with van der Waals surface area (Å²) >= 11 is 6.25. The van der Waals surface area contributed by atoms with Crippen molar-refractivity contribution < 1.29 is 19.0 Å². The maximum absolute atomic E-state index is 14.1. The predicted octanol–water partition coefficient (Wildman–Crippen LogP) is 5.70. The summed E-state index contributed by atoms with van der Waals surface area (Å²) in [5.74, 6) is 0.444. The number of hydrogen-bond acceptors (Lipinski definition) is 6. The van der Waals surface area contributed by atoms with Crippen LogP contribution in [0, 0.1) is 0 Å². The van der Waals surface area contributed by atoms with Crippen molar-refractivity contribution in [1.82, 2.24) is 19.4 Å². The van der Waals surface area contributed by atoms with Gasteiger partial charge in [0.1, 0.15) is 0 Å². The molecule has 0 N–H and O–H groups in total. The molecule has 1 unspecified atom stereocenters. The quantitative estimate of drug-likeness (QED) is 0.394. The minimum Gasteiger partial charge on any atom is -0.480 e. The van der Waals surface area contributed by atoms with E-state index >= 15 is 0 Å². The summed E-state index contributed by atoms with van der Waals surface area (Å²) in [6.07, 6.45) is 5.65. The fourth-order valence-electron chi connectivity index (χ4n) is 5.82. The van der Waals surface area contributed by atoms with Crippen LogP contribution in [-0.2, 0) is 4.74 Å². The van der Waals surface area contributed by atoms with Crippen molar-refractivity contribution in [2.24, 2.45) is 0 Å². The van der Waals surface area contributed by atoms with E-state index < -0.39 is 0 Å². The number of halogens is 1. The Morgan fingerprint density at radius 2 is 1.70 bits per heavy atom. The van der Waals surface area contributed by atoms with Gasteiger partial charge in [-0.1, -0.05) is 23.7 Å². The molecule has 5 rings (SSSR count). The lowest BCUT2D eigenvalue weighted by Crippen LogP contribution is -2.42. The molecule has 1 fully saturated rings. The second-order valence-corrected chi connectivity index (χ2v) is 10.3. The number of rotatable bonds is 7. The number of carbonyl (C=O) groups excluding carboxylic acids is 1. The third-order valence-corrected chi connectivity index (χ3v) is 7.79. The summed E-state index contributed by atoms with van der Waals surface area (Å²) in [7, 11) is 4.86. The first-order valence-corrected chi connectivity index (χ1v) is 13.1. The van der Waals surface area contributed by atoms with E-state index in [-0.39, 0.29) is 36.1 Å². The van der Waals surface area contributed by atoms with Crippen LogP contribution >= 0.6 is 11.6 Å². The molecule has 1 aromatic carbocycles. The van der Waals surface area contributed by atoms with Crippen molar-refractivity contribution in [1.29, 1.82) is 0 Å². The van der Waals surface area contributed by atoms with Gasteiger partial charge in [0.25, 0.3) is 5.91 Å². The Balaban J connectivity index is 1.67. The summed E-state index contributed by atoms with van der Waals surface area (Å²) in [5, 5.41) is 0.667. The van der Waals surface area contributed by atoms with Crippen molar-refractivity contribution in [3.8, 4) is 23.1 Å². The monoisotopic (exact) mass is 524 g/mol. The Morgan fingerprint density at radius 3 is 2.30 bits per heavy atom. The molecule has 8 nitrogen and oxygen atoms in total. The highest BCUT2D eigenvalue weighted by atomic mass is 35.5. The molecule has 0 radical (unpaired) electrons. The van der Waals surface area contributed by atoms with Crippen LogP contribution in [0.3, 0.4) is 0 Å². The van der Waals surface area contributed by atoms with Crippen LogP contribution in [-0.4, -0.2) is 58.8 Å². The molecule has 9 heteroatoms. The molecule has 2 aromatic heterocycles. The summed E-state index contributed by atoms with van der Waals surface area (Å²) in [5.41, 5.74) is 4.27. The average molecular weight is 525 g/mol. The third-order valence-electron chi connectivity index (χ3n) is 7.53. The van der Waals surface area contributed by atoms with Crippen molar-refractivity contribution >= 4 is 17.5 Å². The standard InChI is InChI=1S/C28H33ClN4O4/c1-16(2)32-23(22-15-30-28(37-5)31-26(22)36-4)14-21-25(32)24(17-6-8-18(29)9-7-17)33(27(21)34)19-10-12-20(35-3)13-11-19/h6-9,14-16,19-20,24H,10-13H2,1-5H3/t19-,20-,24?. The third kappa shape index (κ3) is 4.46. The highest BCUT2D eigenvalue weighted by molar-refractivity contribution is 6.30. The molecule has 196 valence electrons. The first kappa shape index (κ1) is 25.5. The van der Waals surface area contributed by atoms with Crippen LogP contribution in [0.5, 0.6) is 11.9 Å². The zero-order chi connectivity index (χ0) is 26.3. The predicted molar refractivity (Wildman–Crippen MR) is 141 cm³/mol. The van der Waals surface area contributed by atoms with Gasteiger partial charge in [0.05, 0.1) is 48.9 Å². The molecule has 1 atom stereocenters. The van der Waals surface area contributed by atoms with E-state index in [0.29, 0.717) is 22.0 Å². The Hall–Kier alpha value is -3.10. The molecule has 1 saturated carbocycles. The van der Waals surface area contributed by atoms with Crippen LogP contribution in [0.15, 0.2) is 36.5 Å². The molecule has 1 aliphatic heterocycles. The minimum absolute atomic E-state index is 0.0462. The zero-order valence-corrected chi connectivity index (χ0v) is 22.7. The molecule has 1 amide bonds. The van der Waals surface area contributed by atoms with E-state index in [4.69, 9.17) is 25.8 Å². The minimum atomic E-state index is -0.231. The van der Waals surface area contributed by atoms with Gasteiger partial charge in [-0.15, -0.1) is 0 Å². The van der Waals surface area contributed by atoms with Crippen molar-refractivity contribution in [3.63, 3.8) is 0 Å². The van der Waals surface area contributed by atoms with Crippen LogP contribution in [0.2, 0.25) is 5.02 Å². The molecular weight excluding hydrogens is 492 g/mol. The number of nitrogens with zero attached hydrogens (tertiary/aromatic N) is 4. The average Bonchev–Trinajstić information content (AvgIpc) is 3.44. The van der Waals surface area contributed by atoms with Gasteiger partial charge in [-0.3, -0.25) is 4.79 Å². The first-order valence-electron chi connectivity index (χ1n) is 12.7. The number of fused-ring (bicyclic) bond motifs is 1. The summed E-state index contributed by atoms with van der Waals surface area (Å²) in [6.45, 7) is 4.24. The molecule has 37 heavy (non-hydrogen) atoms. The number of benzene rings is 1. The van der Waals surface area contributed by atoms with Gasteiger partial charge < -0.3 is 23.7 Å². The van der Waals surface area contributed by atoms with Crippen LogP contribution < -0.4 is 9.47 Å². The van der Waals surface area contributed by atoms with Gasteiger partial charge in [-0.2, -0.15) is 4.98 Å². The van der Waals surface area contributed by atoms with Crippen molar-refractivity contribution in [2.75, 3.05) is 21.3 Å². The number of aromatic nitrogens is 3. The Bertz CT molecular complexity index is 1280. The molecule has 3 aromatic rings. The molecule has 1 aliphatic carbocycles. The van der Waals surface area contributed by atoms with Crippen LogP contribution in [0.4, 0.5) is 0 Å². The molecule has 0 spiro atoms. The van der Waals surface area contributed by atoms with Gasteiger partial charge >= 0.3 is 6.01 Å². The lowest BCUT2D eigenvalue weighted by molar-refractivity contribution is 0.0295.